The number of amides is 2. The number of aliphatic carboxylic acids is 1. The summed E-state index contributed by atoms with van der Waals surface area (Å²) in [6.45, 7) is -0.376. The first kappa shape index (κ1) is 15.3. The number of methoxy groups -OCH3 is 1. The van der Waals surface area contributed by atoms with E-state index in [1.54, 1.807) is 18.2 Å². The van der Waals surface area contributed by atoms with Gasteiger partial charge in [-0.05, 0) is 34.1 Å². The maximum absolute atomic E-state index is 11.4. The Hall–Kier alpha value is -1.80. The number of aliphatic hydroxyl groups is 1. The fourth-order valence-corrected chi connectivity index (χ4v) is 1.74. The van der Waals surface area contributed by atoms with Crippen molar-refractivity contribution in [2.24, 2.45) is 0 Å². The van der Waals surface area contributed by atoms with Gasteiger partial charge in [-0.3, -0.25) is 0 Å². The fraction of sp³-hybridized carbons (Fsp3) is 0.273. The zero-order chi connectivity index (χ0) is 14.4. The summed E-state index contributed by atoms with van der Waals surface area (Å²) in [5, 5.41) is 22.1. The van der Waals surface area contributed by atoms with E-state index in [2.05, 4.69) is 26.6 Å². The van der Waals surface area contributed by atoms with Crippen molar-refractivity contribution in [1.29, 1.82) is 0 Å². The minimum Gasteiger partial charge on any atom is -0.496 e. The van der Waals surface area contributed by atoms with E-state index in [-0.39, 0.29) is 6.54 Å². The van der Waals surface area contributed by atoms with Gasteiger partial charge in [0.25, 0.3) is 0 Å². The van der Waals surface area contributed by atoms with Gasteiger partial charge in [0.1, 0.15) is 5.75 Å². The molecule has 2 amide bonds. The predicted molar refractivity (Wildman–Crippen MR) is 71.4 cm³/mol. The first-order valence-corrected chi connectivity index (χ1v) is 6.02. The molecule has 4 N–H and O–H groups in total. The number of aliphatic hydroxyl groups excluding tert-OH is 1. The van der Waals surface area contributed by atoms with Crippen LogP contribution in [0.1, 0.15) is 0 Å². The molecule has 7 nitrogen and oxygen atoms in total. The molecule has 1 unspecified atom stereocenters. The molecule has 104 valence electrons. The molecular weight excluding hydrogens is 320 g/mol. The number of rotatable bonds is 5. The summed E-state index contributed by atoms with van der Waals surface area (Å²) in [6, 6.07) is 4.30. The highest BCUT2D eigenvalue weighted by Crippen LogP contribution is 2.27. The van der Waals surface area contributed by atoms with Crippen LogP contribution in [0.3, 0.4) is 0 Å². The van der Waals surface area contributed by atoms with E-state index in [4.69, 9.17) is 14.9 Å². The molecule has 0 radical (unpaired) electrons. The van der Waals surface area contributed by atoms with Gasteiger partial charge in [-0.15, -0.1) is 0 Å². The molecule has 0 bridgehead atoms. The van der Waals surface area contributed by atoms with E-state index in [9.17, 15) is 9.59 Å². The molecule has 0 spiro atoms. The molecule has 0 aromatic heterocycles. The third-order valence-electron chi connectivity index (χ3n) is 2.15. The lowest BCUT2D eigenvalue weighted by Crippen LogP contribution is -2.38. The summed E-state index contributed by atoms with van der Waals surface area (Å²) in [7, 11) is 1.52. The van der Waals surface area contributed by atoms with Crippen LogP contribution in [0.4, 0.5) is 10.5 Å². The van der Waals surface area contributed by atoms with Crippen molar-refractivity contribution < 1.29 is 24.5 Å². The molecule has 0 aliphatic heterocycles. The lowest BCUT2D eigenvalue weighted by Gasteiger charge is -2.10. The average Bonchev–Trinajstić information content (AvgIpc) is 2.36. The molecule has 0 saturated heterocycles. The summed E-state index contributed by atoms with van der Waals surface area (Å²) >= 11 is 3.26. The molecule has 1 aromatic rings. The topological polar surface area (TPSA) is 108 Å². The van der Waals surface area contributed by atoms with Crippen molar-refractivity contribution in [3.63, 3.8) is 0 Å². The SMILES string of the molecule is COc1ccc(NC(=O)NCC(O)C(=O)O)cc1Br. The fourth-order valence-electron chi connectivity index (χ4n) is 1.20. The minimum absolute atomic E-state index is 0.376. The Morgan fingerprint density at radius 2 is 2.16 bits per heavy atom. The smallest absolute Gasteiger partial charge is 0.334 e. The van der Waals surface area contributed by atoms with Crippen LogP contribution in [-0.4, -0.2) is 42.0 Å². The summed E-state index contributed by atoms with van der Waals surface area (Å²) in [6.07, 6.45) is -1.63. The van der Waals surface area contributed by atoms with Gasteiger partial charge in [0.2, 0.25) is 0 Å². The van der Waals surface area contributed by atoms with Gasteiger partial charge in [-0.25, -0.2) is 9.59 Å². The number of carboxylic acid groups (broad SMARTS) is 1. The molecule has 19 heavy (non-hydrogen) atoms. The number of ether oxygens (including phenoxy) is 1. The van der Waals surface area contributed by atoms with Crippen molar-refractivity contribution in [3.05, 3.63) is 22.7 Å². The zero-order valence-corrected chi connectivity index (χ0v) is 11.6. The number of carbonyl (C=O) groups is 2. The third kappa shape index (κ3) is 4.76. The van der Waals surface area contributed by atoms with Gasteiger partial charge in [0, 0.05) is 5.69 Å². The number of carboxylic acids is 1. The van der Waals surface area contributed by atoms with Gasteiger partial charge in [-0.1, -0.05) is 0 Å². The minimum atomic E-state index is -1.63. The second kappa shape index (κ2) is 6.95. The van der Waals surface area contributed by atoms with Crippen molar-refractivity contribution in [2.75, 3.05) is 19.0 Å². The first-order chi connectivity index (χ1) is 8.93. The highest BCUT2D eigenvalue weighted by molar-refractivity contribution is 9.10. The number of halogens is 1. The van der Waals surface area contributed by atoms with Crippen LogP contribution in [0.25, 0.3) is 0 Å². The zero-order valence-electron chi connectivity index (χ0n) is 10.0. The Morgan fingerprint density at radius 1 is 1.47 bits per heavy atom. The number of hydrogen-bond acceptors (Lipinski definition) is 4. The average molecular weight is 333 g/mol. The van der Waals surface area contributed by atoms with Gasteiger partial charge in [0.05, 0.1) is 18.1 Å². The number of benzene rings is 1. The van der Waals surface area contributed by atoms with Crippen LogP contribution in [0, 0.1) is 0 Å². The van der Waals surface area contributed by atoms with Crippen molar-refractivity contribution in [3.8, 4) is 5.75 Å². The number of anilines is 1. The van der Waals surface area contributed by atoms with E-state index < -0.39 is 18.1 Å². The molecule has 0 aliphatic rings. The Balaban J connectivity index is 2.53. The molecular formula is C11H13BrN2O5. The molecule has 1 aromatic carbocycles. The van der Waals surface area contributed by atoms with Crippen LogP contribution in [0.15, 0.2) is 22.7 Å². The van der Waals surface area contributed by atoms with E-state index in [1.807, 2.05) is 0 Å². The molecule has 8 heteroatoms. The van der Waals surface area contributed by atoms with Gasteiger partial charge < -0.3 is 25.6 Å². The highest BCUT2D eigenvalue weighted by atomic mass is 79.9. The Morgan fingerprint density at radius 3 is 2.68 bits per heavy atom. The summed E-state index contributed by atoms with van der Waals surface area (Å²) in [5.74, 6) is -0.778. The van der Waals surface area contributed by atoms with E-state index in [0.717, 1.165) is 0 Å². The normalized spacial score (nSPS) is 11.5. The first-order valence-electron chi connectivity index (χ1n) is 5.23. The molecule has 0 heterocycles. The maximum atomic E-state index is 11.4. The van der Waals surface area contributed by atoms with Gasteiger partial charge >= 0.3 is 12.0 Å². The lowest BCUT2D eigenvalue weighted by molar-refractivity contribution is -0.146. The lowest BCUT2D eigenvalue weighted by atomic mass is 10.3. The van der Waals surface area contributed by atoms with Gasteiger partial charge in [-0.2, -0.15) is 0 Å². The number of carbonyl (C=O) groups excluding carboxylic acids is 1. The summed E-state index contributed by atoms with van der Waals surface area (Å²) in [4.78, 5) is 21.8. The van der Waals surface area contributed by atoms with Crippen LogP contribution >= 0.6 is 15.9 Å². The predicted octanol–water partition coefficient (Wildman–Crippen LogP) is 1.02. The second-order valence-corrected chi connectivity index (χ2v) is 4.39. The standard InChI is InChI=1S/C11H13BrN2O5/c1-19-9-3-2-6(4-7(9)12)14-11(18)13-5-8(15)10(16)17/h2-4,8,15H,5H2,1H3,(H,16,17)(H2,13,14,18). The van der Waals surface area contributed by atoms with Crippen LogP contribution in [0.2, 0.25) is 0 Å². The van der Waals surface area contributed by atoms with Crippen LogP contribution < -0.4 is 15.4 Å². The second-order valence-electron chi connectivity index (χ2n) is 3.54. The van der Waals surface area contributed by atoms with E-state index >= 15 is 0 Å². The number of nitrogens with one attached hydrogen (secondary N) is 2. The Bertz CT molecular complexity index is 480. The molecule has 1 atom stereocenters. The highest BCUT2D eigenvalue weighted by Gasteiger charge is 2.14. The van der Waals surface area contributed by atoms with Crippen LogP contribution in [-0.2, 0) is 4.79 Å². The van der Waals surface area contributed by atoms with Crippen molar-refractivity contribution >= 4 is 33.6 Å². The third-order valence-corrected chi connectivity index (χ3v) is 2.77. The van der Waals surface area contributed by atoms with Crippen molar-refractivity contribution in [2.45, 2.75) is 6.10 Å². The Kier molecular flexibility index (Phi) is 5.58. The van der Waals surface area contributed by atoms with Crippen molar-refractivity contribution in [1.82, 2.24) is 5.32 Å². The van der Waals surface area contributed by atoms with Crippen LogP contribution in [0.5, 0.6) is 5.75 Å². The molecule has 0 saturated carbocycles. The summed E-state index contributed by atoms with van der Waals surface area (Å²) in [5.41, 5.74) is 0.495. The summed E-state index contributed by atoms with van der Waals surface area (Å²) < 4.78 is 5.70. The number of hydrogen-bond donors (Lipinski definition) is 4. The maximum Gasteiger partial charge on any atom is 0.334 e. The largest absolute Gasteiger partial charge is 0.496 e. The van der Waals surface area contributed by atoms with E-state index in [1.165, 1.54) is 7.11 Å². The molecule has 0 aliphatic carbocycles. The quantitative estimate of drug-likeness (QED) is 0.644. The molecule has 1 rings (SSSR count). The van der Waals surface area contributed by atoms with E-state index in [0.29, 0.717) is 15.9 Å². The molecule has 0 fully saturated rings. The van der Waals surface area contributed by atoms with Gasteiger partial charge in [0.15, 0.2) is 6.10 Å². The monoisotopic (exact) mass is 332 g/mol. The number of urea groups is 1. The Labute approximate surface area is 117 Å².